The molecule has 1 aromatic carbocycles. The number of carbonyl (C=O) groups excluding carboxylic acids is 2. The number of rotatable bonds is 6. The molecule has 2 rings (SSSR count). The zero-order valence-corrected chi connectivity index (χ0v) is 11.3. The van der Waals surface area contributed by atoms with Crippen molar-refractivity contribution in [1.29, 1.82) is 0 Å². The van der Waals surface area contributed by atoms with Crippen LogP contribution in [-0.2, 0) is 11.3 Å². The average Bonchev–Trinajstić information content (AvgIpc) is 3.18. The Kier molecular flexibility index (Phi) is 4.81. The molecular weight excluding hydrogens is 262 g/mol. The molecule has 0 atom stereocenters. The largest absolute Gasteiger partial charge is 0.351 e. The van der Waals surface area contributed by atoms with E-state index in [0.29, 0.717) is 6.04 Å². The van der Waals surface area contributed by atoms with Gasteiger partial charge in [-0.05, 0) is 30.5 Å². The van der Waals surface area contributed by atoms with E-state index in [1.807, 2.05) is 17.4 Å². The first kappa shape index (κ1) is 13.9. The van der Waals surface area contributed by atoms with Crippen LogP contribution >= 0.6 is 11.8 Å². The van der Waals surface area contributed by atoms with Crippen LogP contribution in [0.4, 0.5) is 4.79 Å². The van der Waals surface area contributed by atoms with Gasteiger partial charge in [0.25, 0.3) is 0 Å². The Morgan fingerprint density at radius 3 is 2.84 bits per heavy atom. The van der Waals surface area contributed by atoms with Crippen LogP contribution in [0.25, 0.3) is 0 Å². The molecule has 1 aromatic rings. The third kappa shape index (κ3) is 5.32. The number of benzene rings is 1. The van der Waals surface area contributed by atoms with E-state index in [-0.39, 0.29) is 11.7 Å². The van der Waals surface area contributed by atoms with Gasteiger partial charge in [0.2, 0.25) is 5.91 Å². The monoisotopic (exact) mass is 279 g/mol. The molecule has 102 valence electrons. The van der Waals surface area contributed by atoms with Crippen molar-refractivity contribution in [3.05, 3.63) is 29.8 Å². The van der Waals surface area contributed by atoms with Crippen molar-refractivity contribution >= 4 is 23.7 Å². The number of primary amides is 1. The van der Waals surface area contributed by atoms with E-state index in [0.717, 1.165) is 11.4 Å². The third-order valence-electron chi connectivity index (χ3n) is 2.70. The third-order valence-corrected chi connectivity index (χ3v) is 3.70. The lowest BCUT2D eigenvalue weighted by atomic mass is 10.2. The minimum atomic E-state index is -0.812. The first-order valence-corrected chi connectivity index (χ1v) is 7.16. The number of hydrogen-bond donors (Lipinski definition) is 3. The molecule has 3 amide bonds. The van der Waals surface area contributed by atoms with Gasteiger partial charge >= 0.3 is 6.03 Å². The van der Waals surface area contributed by atoms with Gasteiger partial charge < -0.3 is 11.1 Å². The summed E-state index contributed by atoms with van der Waals surface area (Å²) in [6.45, 7) is 0.854. The molecule has 6 heteroatoms. The maximum Gasteiger partial charge on any atom is 0.318 e. The van der Waals surface area contributed by atoms with Crippen molar-refractivity contribution in [2.75, 3.05) is 5.75 Å². The number of nitrogens with one attached hydrogen (secondary N) is 2. The number of thioether (sulfide) groups is 1. The van der Waals surface area contributed by atoms with E-state index in [9.17, 15) is 9.59 Å². The van der Waals surface area contributed by atoms with Gasteiger partial charge in [-0.15, -0.1) is 11.8 Å². The normalized spacial score (nSPS) is 14.1. The number of carbonyl (C=O) groups is 2. The first-order chi connectivity index (χ1) is 9.13. The Morgan fingerprint density at radius 2 is 2.16 bits per heavy atom. The highest BCUT2D eigenvalue weighted by molar-refractivity contribution is 8.00. The molecule has 0 aliphatic heterocycles. The quantitative estimate of drug-likeness (QED) is 0.684. The molecule has 0 unspecified atom stereocenters. The Labute approximate surface area is 116 Å². The van der Waals surface area contributed by atoms with Crippen LogP contribution in [0.2, 0.25) is 0 Å². The predicted molar refractivity (Wildman–Crippen MR) is 74.8 cm³/mol. The van der Waals surface area contributed by atoms with E-state index in [4.69, 9.17) is 5.73 Å². The fraction of sp³-hybridized carbons (Fsp3) is 0.385. The van der Waals surface area contributed by atoms with E-state index in [2.05, 4.69) is 17.4 Å². The molecular formula is C13H17N3O2S. The summed E-state index contributed by atoms with van der Waals surface area (Å²) in [6, 6.07) is 7.90. The smallest absolute Gasteiger partial charge is 0.318 e. The summed E-state index contributed by atoms with van der Waals surface area (Å²) in [5.41, 5.74) is 6.07. The van der Waals surface area contributed by atoms with Crippen molar-refractivity contribution in [3.63, 3.8) is 0 Å². The zero-order valence-electron chi connectivity index (χ0n) is 10.5. The average molecular weight is 279 g/mol. The molecule has 1 aliphatic carbocycles. The summed E-state index contributed by atoms with van der Waals surface area (Å²) in [5.74, 6) is -0.193. The lowest BCUT2D eigenvalue weighted by molar-refractivity contribution is -0.117. The summed E-state index contributed by atoms with van der Waals surface area (Å²) in [5, 5.41) is 5.48. The van der Waals surface area contributed by atoms with Gasteiger partial charge in [-0.25, -0.2) is 4.79 Å². The van der Waals surface area contributed by atoms with Crippen molar-refractivity contribution in [2.24, 2.45) is 5.73 Å². The van der Waals surface area contributed by atoms with Crippen molar-refractivity contribution in [3.8, 4) is 0 Å². The van der Waals surface area contributed by atoms with Gasteiger partial charge in [0.15, 0.2) is 0 Å². The van der Waals surface area contributed by atoms with E-state index in [1.54, 1.807) is 0 Å². The standard InChI is InChI=1S/C13H17N3O2S/c14-13(18)16-12(17)8-19-11-3-1-2-9(6-11)7-15-10-4-5-10/h1-3,6,10,15H,4-5,7-8H2,(H3,14,16,17,18). The molecule has 1 fully saturated rings. The van der Waals surface area contributed by atoms with E-state index in [1.165, 1.54) is 30.2 Å². The number of urea groups is 1. The van der Waals surface area contributed by atoms with Crippen LogP contribution in [0.5, 0.6) is 0 Å². The molecule has 1 saturated carbocycles. The highest BCUT2D eigenvalue weighted by Crippen LogP contribution is 2.21. The second-order valence-corrected chi connectivity index (χ2v) is 5.55. The molecule has 4 N–H and O–H groups in total. The second kappa shape index (κ2) is 6.58. The fourth-order valence-corrected chi connectivity index (χ4v) is 2.40. The predicted octanol–water partition coefficient (Wildman–Crippen LogP) is 1.23. The zero-order chi connectivity index (χ0) is 13.7. The summed E-state index contributed by atoms with van der Waals surface area (Å²) in [6.07, 6.45) is 2.53. The van der Waals surface area contributed by atoms with Crippen LogP contribution < -0.4 is 16.4 Å². The van der Waals surface area contributed by atoms with Crippen LogP contribution in [0.3, 0.4) is 0 Å². The summed E-state index contributed by atoms with van der Waals surface area (Å²) in [7, 11) is 0. The Morgan fingerprint density at radius 1 is 1.37 bits per heavy atom. The number of imide groups is 1. The molecule has 0 heterocycles. The number of hydrogen-bond acceptors (Lipinski definition) is 4. The lowest BCUT2D eigenvalue weighted by Crippen LogP contribution is -2.36. The fourth-order valence-electron chi connectivity index (χ4n) is 1.62. The van der Waals surface area contributed by atoms with Gasteiger partial charge in [-0.2, -0.15) is 0 Å². The molecule has 0 saturated heterocycles. The molecule has 0 bridgehead atoms. The second-order valence-electron chi connectivity index (χ2n) is 4.50. The van der Waals surface area contributed by atoms with E-state index < -0.39 is 6.03 Å². The van der Waals surface area contributed by atoms with Crippen LogP contribution in [0.1, 0.15) is 18.4 Å². The Bertz CT molecular complexity index is 475. The highest BCUT2D eigenvalue weighted by atomic mass is 32.2. The van der Waals surface area contributed by atoms with Crippen LogP contribution in [-0.4, -0.2) is 23.7 Å². The van der Waals surface area contributed by atoms with Crippen LogP contribution in [0.15, 0.2) is 29.2 Å². The molecule has 0 radical (unpaired) electrons. The van der Waals surface area contributed by atoms with Gasteiger partial charge in [0.1, 0.15) is 0 Å². The molecule has 1 aliphatic rings. The maximum atomic E-state index is 11.3. The summed E-state index contributed by atoms with van der Waals surface area (Å²) >= 11 is 1.39. The van der Waals surface area contributed by atoms with E-state index >= 15 is 0 Å². The molecule has 19 heavy (non-hydrogen) atoms. The molecule has 0 spiro atoms. The minimum absolute atomic E-state index is 0.183. The molecule has 0 aromatic heterocycles. The molecule has 5 nitrogen and oxygen atoms in total. The van der Waals surface area contributed by atoms with Crippen molar-refractivity contribution in [2.45, 2.75) is 30.3 Å². The van der Waals surface area contributed by atoms with Crippen LogP contribution in [0, 0.1) is 0 Å². The maximum absolute atomic E-state index is 11.3. The Balaban J connectivity index is 1.80. The van der Waals surface area contributed by atoms with Crippen molar-refractivity contribution < 1.29 is 9.59 Å². The first-order valence-electron chi connectivity index (χ1n) is 6.18. The SMILES string of the molecule is NC(=O)NC(=O)CSc1cccc(CNC2CC2)c1. The topological polar surface area (TPSA) is 84.2 Å². The number of nitrogens with two attached hydrogens (primary N) is 1. The summed E-state index contributed by atoms with van der Waals surface area (Å²) < 4.78 is 0. The highest BCUT2D eigenvalue weighted by Gasteiger charge is 2.19. The number of amides is 3. The van der Waals surface area contributed by atoms with Gasteiger partial charge in [0, 0.05) is 17.5 Å². The van der Waals surface area contributed by atoms with Gasteiger partial charge in [0.05, 0.1) is 5.75 Å². The van der Waals surface area contributed by atoms with Gasteiger partial charge in [-0.3, -0.25) is 10.1 Å². The Hall–Kier alpha value is -1.53. The summed E-state index contributed by atoms with van der Waals surface area (Å²) in [4.78, 5) is 22.8. The van der Waals surface area contributed by atoms with Crippen molar-refractivity contribution in [1.82, 2.24) is 10.6 Å². The lowest BCUT2D eigenvalue weighted by Gasteiger charge is -2.06. The van der Waals surface area contributed by atoms with Gasteiger partial charge in [-0.1, -0.05) is 12.1 Å². The minimum Gasteiger partial charge on any atom is -0.351 e.